The molecule has 0 radical (unpaired) electrons. The van der Waals surface area contributed by atoms with Crippen molar-refractivity contribution in [3.8, 4) is 67.5 Å². The Morgan fingerprint density at radius 1 is 0.191 bits per heavy atom. The first kappa shape index (κ1) is 96.5. The van der Waals surface area contributed by atoms with E-state index in [9.17, 15) is 0 Å². The highest BCUT2D eigenvalue weighted by Crippen LogP contribution is 2.46. The average molecular weight is 1860 g/mol. The largest absolute Gasteiger partial charge is 0.287 e. The molecule has 6 aromatic heterocycles. The molecule has 6 fully saturated rings. The van der Waals surface area contributed by atoms with Gasteiger partial charge in [-0.25, -0.2) is 27.4 Å². The fourth-order valence-electron chi connectivity index (χ4n) is 23.2. The van der Waals surface area contributed by atoms with Crippen LogP contribution in [0.1, 0.15) is 270 Å². The Bertz CT molecular complexity index is 7620. The minimum absolute atomic E-state index is 0.681. The predicted octanol–water partition coefficient (Wildman–Crippen LogP) is 28.8. The molecular weight excluding hydrogens is 1720 g/mol. The van der Waals surface area contributed by atoms with Crippen molar-refractivity contribution in [3.05, 3.63) is 356 Å². The molecule has 24 rings (SSSR count). The van der Waals surface area contributed by atoms with E-state index in [2.05, 4.69) is 386 Å². The van der Waals surface area contributed by atoms with Gasteiger partial charge >= 0.3 is 0 Å². The second kappa shape index (κ2) is 42.2. The molecule has 0 bridgehead atoms. The second-order valence-corrected chi connectivity index (χ2v) is 42.6. The predicted molar refractivity (Wildman–Crippen MR) is 580 cm³/mol. The van der Waals surface area contributed by atoms with Crippen LogP contribution in [0, 0.1) is 83.1 Å². The van der Waals surface area contributed by atoms with Crippen LogP contribution in [0.25, 0.3) is 133 Å². The zero-order chi connectivity index (χ0) is 98.0. The number of hydrogen-bond donors (Lipinski definition) is 0. The van der Waals surface area contributed by atoms with Gasteiger partial charge in [-0.1, -0.05) is 212 Å². The van der Waals surface area contributed by atoms with E-state index >= 15 is 0 Å². The number of aromatic nitrogens is 12. The Kier molecular flexibility index (Phi) is 28.9. The van der Waals surface area contributed by atoms with Crippen LogP contribution in [0.15, 0.2) is 256 Å². The molecule has 6 heterocycles. The molecule has 6 saturated carbocycles. The molecule has 0 atom stereocenters. The summed E-state index contributed by atoms with van der Waals surface area (Å²) in [6, 6.07) is 81.1. The standard InChI is InChI=1S/3C22H25N2.3C21H23N2/c1-15-11-12-16(2)20(13-15)22-19-10-6-9-18(17-7-4-5-8-17)21(19)23-14-24(22)3;1-15-8-9-16(2)19(12-15)22-20-13-18(17-6-4-5-7-17)10-11-21(20)23-14-24(22)3;1-15-8-9-16(2)20(12-15)22-19-11-10-18(17-6-4-5-7-17)13-21(19)23-14-24(22)3;1-14-10-11-15(2)19(12-14)21-18-9-5-8-17(16-6-4-7-16)20(18)22-13-23(21)3;1-14-7-8-15(2)18(11-14)21-19-12-17(16-5-4-6-16)9-10-20(19)22-13-23(21)3;1-14-7-8-15(2)19(11-14)21-18-10-9-17(16-5-4-6-16)12-20(18)22-13-23(21)3/h6,9-14,17H,4-5,7-8H2,1-3H3;2*8-14,17H,4-7H2,1-3H3;5,8-13,16H,4,6-7H2,1-3H3;2*7-13,16H,4-6H2,1-3H3/q6*+1. The van der Waals surface area contributed by atoms with E-state index in [-0.39, 0.29) is 0 Å². The van der Waals surface area contributed by atoms with Gasteiger partial charge in [0.2, 0.25) is 0 Å². The first-order valence-corrected chi connectivity index (χ1v) is 52.5. The molecule has 0 unspecified atom stereocenters. The summed E-state index contributed by atoms with van der Waals surface area (Å²) in [5.74, 6) is 4.34. The summed E-state index contributed by atoms with van der Waals surface area (Å²) in [6.45, 7) is 26.1. The van der Waals surface area contributed by atoms with Crippen molar-refractivity contribution < 1.29 is 27.4 Å². The monoisotopic (exact) mass is 1860 g/mol. The van der Waals surface area contributed by atoms with Crippen molar-refractivity contribution in [2.75, 3.05) is 0 Å². The molecule has 12 heteroatoms. The normalized spacial score (nSPS) is 15.1. The van der Waals surface area contributed by atoms with E-state index in [4.69, 9.17) is 15.0 Å². The molecule has 6 aliphatic carbocycles. The van der Waals surface area contributed by atoms with E-state index in [1.54, 1.807) is 0 Å². The number of rotatable bonds is 12. The van der Waals surface area contributed by atoms with Crippen molar-refractivity contribution in [2.45, 2.75) is 253 Å². The fraction of sp³-hybridized carbons (Fsp3) is 0.349. The van der Waals surface area contributed by atoms with Gasteiger partial charge in [-0.3, -0.25) is 0 Å². The average Bonchev–Trinajstić information content (AvgIpc) is 1.57. The number of benzene rings is 12. The third kappa shape index (κ3) is 20.5. The van der Waals surface area contributed by atoms with Gasteiger partial charge < -0.3 is 0 Å². The molecule has 0 saturated heterocycles. The molecule has 0 N–H and O–H groups in total. The van der Waals surface area contributed by atoms with Crippen LogP contribution in [0.5, 0.6) is 0 Å². The van der Waals surface area contributed by atoms with Gasteiger partial charge in [0.15, 0.2) is 33.1 Å². The highest BCUT2D eigenvalue weighted by molar-refractivity contribution is 5.98. The lowest BCUT2D eigenvalue weighted by Crippen LogP contribution is -2.32. The molecule has 0 spiro atoms. The second-order valence-electron chi connectivity index (χ2n) is 42.6. The minimum atomic E-state index is 0.681. The molecule has 12 aromatic carbocycles. The minimum Gasteiger partial charge on any atom is -0.232 e. The first-order chi connectivity index (χ1) is 68.3. The molecule has 0 aliphatic heterocycles. The maximum atomic E-state index is 4.83. The third-order valence-electron chi connectivity index (χ3n) is 32.1. The van der Waals surface area contributed by atoms with Crippen molar-refractivity contribution in [1.82, 2.24) is 29.9 Å². The summed E-state index contributed by atoms with van der Waals surface area (Å²) in [6.07, 6.45) is 39.9. The van der Waals surface area contributed by atoms with E-state index in [1.165, 1.54) is 346 Å². The van der Waals surface area contributed by atoms with Crippen molar-refractivity contribution in [3.63, 3.8) is 0 Å². The summed E-state index contributed by atoms with van der Waals surface area (Å²) in [5, 5.41) is 7.58. The molecule has 6 aliphatic rings. The Balaban J connectivity index is 0.000000108. The summed E-state index contributed by atoms with van der Waals surface area (Å²) >= 11 is 0. The Labute approximate surface area is 836 Å². The Morgan fingerprint density at radius 3 is 0.688 bits per heavy atom. The Hall–Kier alpha value is -13.3. The molecular formula is C129H144N12+6. The van der Waals surface area contributed by atoms with Gasteiger partial charge in [-0.15, -0.1) is 0 Å². The number of hydrogen-bond acceptors (Lipinski definition) is 6. The van der Waals surface area contributed by atoms with E-state index in [1.807, 2.05) is 38.0 Å². The molecule has 141 heavy (non-hydrogen) atoms. The van der Waals surface area contributed by atoms with Gasteiger partial charge in [-0.05, 0) is 378 Å². The summed E-state index contributed by atoms with van der Waals surface area (Å²) in [4.78, 5) is 28.3. The number of para-hydroxylation sites is 2. The zero-order valence-corrected chi connectivity index (χ0v) is 86.9. The molecule has 714 valence electrons. The van der Waals surface area contributed by atoms with E-state index < -0.39 is 0 Å². The summed E-state index contributed by atoms with van der Waals surface area (Å²) < 4.78 is 13.0. The first-order valence-electron chi connectivity index (χ1n) is 52.5. The molecule has 18 aromatic rings. The van der Waals surface area contributed by atoms with Gasteiger partial charge in [-0.2, -0.15) is 0 Å². The highest BCUT2D eigenvalue weighted by Gasteiger charge is 2.32. The fourth-order valence-corrected chi connectivity index (χ4v) is 23.2. The number of aryl methyl sites for hydroxylation is 18. The zero-order valence-electron chi connectivity index (χ0n) is 86.9. The highest BCUT2D eigenvalue weighted by atomic mass is 15.0. The van der Waals surface area contributed by atoms with Crippen LogP contribution >= 0.6 is 0 Å². The maximum Gasteiger partial charge on any atom is 0.287 e. The van der Waals surface area contributed by atoms with Crippen molar-refractivity contribution in [2.24, 2.45) is 42.3 Å². The van der Waals surface area contributed by atoms with Crippen LogP contribution in [0.3, 0.4) is 0 Å². The lowest BCUT2D eigenvalue weighted by molar-refractivity contribution is -0.662. The maximum absolute atomic E-state index is 4.83. The lowest BCUT2D eigenvalue weighted by atomic mass is 9.79. The van der Waals surface area contributed by atoms with Gasteiger partial charge in [0.05, 0.1) is 74.6 Å². The van der Waals surface area contributed by atoms with Gasteiger partial charge in [0, 0.05) is 44.5 Å². The van der Waals surface area contributed by atoms with Gasteiger partial charge in [0.1, 0.15) is 34.2 Å². The van der Waals surface area contributed by atoms with Crippen molar-refractivity contribution in [1.29, 1.82) is 0 Å². The quantitative estimate of drug-likeness (QED) is 0.113. The summed E-state index contributed by atoms with van der Waals surface area (Å²) in [7, 11) is 12.6. The summed E-state index contributed by atoms with van der Waals surface area (Å²) in [5.41, 5.74) is 46.7. The van der Waals surface area contributed by atoms with Crippen LogP contribution in [0.4, 0.5) is 0 Å². The van der Waals surface area contributed by atoms with Crippen LogP contribution in [0.2, 0.25) is 0 Å². The van der Waals surface area contributed by atoms with Crippen molar-refractivity contribution >= 4 is 65.4 Å². The van der Waals surface area contributed by atoms with E-state index in [0.717, 1.165) is 45.7 Å². The van der Waals surface area contributed by atoms with Gasteiger partial charge in [0.25, 0.3) is 38.0 Å². The van der Waals surface area contributed by atoms with Crippen LogP contribution < -0.4 is 27.4 Å². The Morgan fingerprint density at radius 2 is 0.418 bits per heavy atom. The van der Waals surface area contributed by atoms with Crippen LogP contribution in [-0.2, 0) is 42.3 Å². The van der Waals surface area contributed by atoms with E-state index in [0.29, 0.717) is 11.8 Å². The molecule has 0 amide bonds. The SMILES string of the molecule is Cc1ccc(C)c(-c2c3cc(C4CCC4)ccc3nc[n+]2C)c1.Cc1ccc(C)c(-c2c3cc(C4CCCC4)ccc3nc[n+]2C)c1.Cc1ccc(C)c(-c2c3ccc(C4CCC4)cc3nc[n+]2C)c1.Cc1ccc(C)c(-c2c3ccc(C4CCCC4)cc3nc[n+]2C)c1.Cc1ccc(C)c(-c2c3cccc(C4CCC4)c3nc[n+]2C)c1.Cc1ccc(C)c(-c2c3cccc(C4CCCC4)c3nc[n+]2C)c1. The smallest absolute Gasteiger partial charge is 0.232 e. The number of fused-ring (bicyclic) bond motifs is 6. The molecule has 12 nitrogen and oxygen atoms in total. The third-order valence-corrected chi connectivity index (χ3v) is 32.1. The number of nitrogens with zero attached hydrogens (tertiary/aromatic N) is 12. The van der Waals surface area contributed by atoms with Crippen LogP contribution in [-0.4, -0.2) is 29.9 Å². The topological polar surface area (TPSA) is 101 Å². The lowest BCUT2D eigenvalue weighted by Gasteiger charge is -2.25.